The largest absolute Gasteiger partial charge is 0.490 e. The highest BCUT2D eigenvalue weighted by atomic mass is 35.5. The molecule has 0 saturated carbocycles. The molecular weight excluding hydrogens is 368 g/mol. The Labute approximate surface area is 161 Å². The van der Waals surface area contributed by atoms with Gasteiger partial charge in [-0.25, -0.2) is 0 Å². The number of nitrogens with zero attached hydrogens (tertiary/aromatic N) is 2. The lowest BCUT2D eigenvalue weighted by molar-refractivity contribution is -0.113. The van der Waals surface area contributed by atoms with Gasteiger partial charge in [0.25, 0.3) is 5.91 Å². The molecule has 1 amide bonds. The van der Waals surface area contributed by atoms with Crippen LogP contribution in [0.25, 0.3) is 6.08 Å². The number of anilines is 1. The van der Waals surface area contributed by atoms with Gasteiger partial charge < -0.3 is 9.64 Å². The third-order valence-corrected chi connectivity index (χ3v) is 4.95. The quantitative estimate of drug-likeness (QED) is 0.536. The van der Waals surface area contributed by atoms with Crippen LogP contribution < -0.4 is 9.64 Å². The maximum atomic E-state index is 12.3. The Balaban J connectivity index is 1.76. The summed E-state index contributed by atoms with van der Waals surface area (Å²) in [5.41, 5.74) is 1.79. The van der Waals surface area contributed by atoms with Gasteiger partial charge in [0.1, 0.15) is 12.4 Å². The second kappa shape index (κ2) is 8.25. The van der Waals surface area contributed by atoms with Crippen molar-refractivity contribution < 1.29 is 9.53 Å². The fourth-order valence-corrected chi connectivity index (χ4v) is 3.34. The average molecular weight is 385 g/mol. The molecular formula is C20H17ClN2O2S. The Morgan fingerprint density at radius 2 is 2.04 bits per heavy atom. The highest BCUT2D eigenvalue weighted by Crippen LogP contribution is 2.32. The molecule has 0 bridgehead atoms. The first-order valence-electron chi connectivity index (χ1n) is 7.92. The second-order valence-electron chi connectivity index (χ2n) is 5.52. The van der Waals surface area contributed by atoms with Crippen molar-refractivity contribution in [3.8, 4) is 5.75 Å². The van der Waals surface area contributed by atoms with Crippen LogP contribution in [-0.4, -0.2) is 24.7 Å². The zero-order valence-electron chi connectivity index (χ0n) is 14.2. The van der Waals surface area contributed by atoms with Gasteiger partial charge in [-0.2, -0.15) is 4.99 Å². The van der Waals surface area contributed by atoms with Crippen LogP contribution in [-0.2, 0) is 4.79 Å². The van der Waals surface area contributed by atoms with Gasteiger partial charge in [-0.1, -0.05) is 36.4 Å². The highest BCUT2D eigenvalue weighted by Gasteiger charge is 2.25. The van der Waals surface area contributed by atoms with Crippen LogP contribution >= 0.6 is 23.4 Å². The van der Waals surface area contributed by atoms with Gasteiger partial charge in [-0.05, 0) is 59.8 Å². The van der Waals surface area contributed by atoms with E-state index in [2.05, 4.69) is 11.6 Å². The number of carbonyl (C=O) groups is 1. The fourth-order valence-electron chi connectivity index (χ4n) is 2.32. The molecule has 0 N–H and O–H groups in total. The van der Waals surface area contributed by atoms with Gasteiger partial charge in [0, 0.05) is 17.8 Å². The monoisotopic (exact) mass is 384 g/mol. The van der Waals surface area contributed by atoms with E-state index in [4.69, 9.17) is 16.3 Å². The van der Waals surface area contributed by atoms with Crippen LogP contribution in [0, 0.1) is 0 Å². The van der Waals surface area contributed by atoms with Crippen LogP contribution in [0.4, 0.5) is 5.69 Å². The van der Waals surface area contributed by atoms with E-state index in [1.807, 2.05) is 54.4 Å². The molecule has 2 aromatic carbocycles. The molecule has 0 fully saturated rings. The predicted octanol–water partition coefficient (Wildman–Crippen LogP) is 5.01. The van der Waals surface area contributed by atoms with Gasteiger partial charge in [-0.15, -0.1) is 0 Å². The summed E-state index contributed by atoms with van der Waals surface area (Å²) in [6.07, 6.45) is 3.51. The number of amidine groups is 1. The van der Waals surface area contributed by atoms with Gasteiger partial charge in [0.2, 0.25) is 0 Å². The number of aliphatic imine (C=N–C) groups is 1. The molecule has 3 rings (SSSR count). The molecule has 4 nitrogen and oxygen atoms in total. The van der Waals surface area contributed by atoms with Crippen molar-refractivity contribution in [2.45, 2.75) is 0 Å². The first kappa shape index (κ1) is 18.3. The fraction of sp³-hybridized carbons (Fsp3) is 0.100. The Morgan fingerprint density at radius 3 is 2.77 bits per heavy atom. The molecule has 2 aromatic rings. The molecule has 1 aliphatic heterocycles. The van der Waals surface area contributed by atoms with Crippen molar-refractivity contribution in [1.82, 2.24) is 0 Å². The van der Waals surface area contributed by atoms with Gasteiger partial charge in [-0.3, -0.25) is 4.79 Å². The zero-order chi connectivity index (χ0) is 18.5. The van der Waals surface area contributed by atoms with Crippen molar-refractivity contribution in [2.75, 3.05) is 18.6 Å². The summed E-state index contributed by atoms with van der Waals surface area (Å²) in [6.45, 7) is 4.07. The van der Waals surface area contributed by atoms with E-state index in [-0.39, 0.29) is 5.91 Å². The van der Waals surface area contributed by atoms with E-state index in [1.165, 1.54) is 11.8 Å². The normalized spacial score (nSPS) is 15.1. The van der Waals surface area contributed by atoms with E-state index < -0.39 is 0 Å². The summed E-state index contributed by atoms with van der Waals surface area (Å²) in [6, 6.07) is 14.9. The summed E-state index contributed by atoms with van der Waals surface area (Å²) >= 11 is 7.27. The first-order valence-corrected chi connectivity index (χ1v) is 9.12. The predicted molar refractivity (Wildman–Crippen MR) is 110 cm³/mol. The second-order valence-corrected chi connectivity index (χ2v) is 6.96. The minimum atomic E-state index is -0.247. The molecule has 0 aliphatic carbocycles. The van der Waals surface area contributed by atoms with Crippen LogP contribution in [0.2, 0.25) is 5.02 Å². The van der Waals surface area contributed by atoms with E-state index in [1.54, 1.807) is 18.2 Å². The Hall–Kier alpha value is -2.50. The van der Waals surface area contributed by atoms with Crippen molar-refractivity contribution in [3.63, 3.8) is 0 Å². The lowest BCUT2D eigenvalue weighted by Gasteiger charge is -2.17. The highest BCUT2D eigenvalue weighted by molar-refractivity contribution is 8.18. The van der Waals surface area contributed by atoms with E-state index in [9.17, 15) is 4.79 Å². The summed E-state index contributed by atoms with van der Waals surface area (Å²) < 4.78 is 5.53. The Morgan fingerprint density at radius 1 is 1.27 bits per heavy atom. The van der Waals surface area contributed by atoms with Gasteiger partial charge in [0.05, 0.1) is 4.91 Å². The number of hydrogen-bond donors (Lipinski definition) is 0. The molecule has 0 aromatic heterocycles. The maximum Gasteiger partial charge on any atom is 0.286 e. The van der Waals surface area contributed by atoms with Crippen molar-refractivity contribution >= 4 is 46.2 Å². The number of halogens is 1. The molecule has 0 spiro atoms. The number of carbonyl (C=O) groups excluding carboxylic acids is 1. The van der Waals surface area contributed by atoms with E-state index in [0.717, 1.165) is 17.0 Å². The average Bonchev–Trinajstić information content (AvgIpc) is 3.01. The topological polar surface area (TPSA) is 41.9 Å². The molecule has 26 heavy (non-hydrogen) atoms. The van der Waals surface area contributed by atoms with Crippen LogP contribution in [0.15, 0.2) is 71.1 Å². The third kappa shape index (κ3) is 4.36. The first-order chi connectivity index (χ1) is 12.6. The Bertz CT molecular complexity index is 891. The van der Waals surface area contributed by atoms with Crippen molar-refractivity contribution in [1.29, 1.82) is 0 Å². The zero-order valence-corrected chi connectivity index (χ0v) is 15.8. The summed E-state index contributed by atoms with van der Waals surface area (Å²) in [5.74, 6) is 0.484. The number of rotatable bonds is 5. The third-order valence-electron chi connectivity index (χ3n) is 3.63. The minimum absolute atomic E-state index is 0.247. The molecule has 0 saturated heterocycles. The summed E-state index contributed by atoms with van der Waals surface area (Å²) in [5, 5.41) is 1.29. The van der Waals surface area contributed by atoms with Crippen molar-refractivity contribution in [3.05, 3.63) is 76.7 Å². The SMILES string of the molecule is C=CCOc1cccc(/C=C2\SC(N(C)c3ccc(Cl)cc3)=NC2=O)c1. The van der Waals surface area contributed by atoms with Crippen LogP contribution in [0.3, 0.4) is 0 Å². The minimum Gasteiger partial charge on any atom is -0.490 e. The number of thioether (sulfide) groups is 1. The van der Waals surface area contributed by atoms with Crippen molar-refractivity contribution in [2.24, 2.45) is 4.99 Å². The molecule has 1 heterocycles. The number of benzene rings is 2. The van der Waals surface area contributed by atoms with Gasteiger partial charge in [0.15, 0.2) is 5.17 Å². The number of amides is 1. The lowest BCUT2D eigenvalue weighted by Crippen LogP contribution is -2.21. The number of hydrogen-bond acceptors (Lipinski definition) is 4. The summed E-state index contributed by atoms with van der Waals surface area (Å²) in [7, 11) is 1.87. The van der Waals surface area contributed by atoms with E-state index in [0.29, 0.717) is 21.7 Å². The van der Waals surface area contributed by atoms with Crippen LogP contribution in [0.5, 0.6) is 5.75 Å². The molecule has 1 aliphatic rings. The van der Waals surface area contributed by atoms with Gasteiger partial charge >= 0.3 is 0 Å². The Kier molecular flexibility index (Phi) is 5.81. The maximum absolute atomic E-state index is 12.3. The molecule has 132 valence electrons. The smallest absolute Gasteiger partial charge is 0.286 e. The molecule has 6 heteroatoms. The standard InChI is InChI=1S/C20H17ClN2O2S/c1-3-11-25-17-6-4-5-14(12-17)13-18-19(24)22-20(26-18)23(2)16-9-7-15(21)8-10-16/h3-10,12-13H,1,11H2,2H3/b18-13-. The molecule has 0 unspecified atom stereocenters. The molecule has 0 atom stereocenters. The lowest BCUT2D eigenvalue weighted by atomic mass is 10.2. The van der Waals surface area contributed by atoms with E-state index >= 15 is 0 Å². The summed E-state index contributed by atoms with van der Waals surface area (Å²) in [4.78, 5) is 18.9. The number of ether oxygens (including phenoxy) is 1. The van der Waals surface area contributed by atoms with Crippen LogP contribution in [0.1, 0.15) is 5.56 Å². The molecule has 0 radical (unpaired) electrons.